The largest absolute Gasteiger partial charge is 0.497 e. The van der Waals surface area contributed by atoms with E-state index in [1.165, 1.54) is 44.7 Å². The summed E-state index contributed by atoms with van der Waals surface area (Å²) in [6, 6.07) is 5.78. The lowest BCUT2D eigenvalue weighted by molar-refractivity contribution is 0.386. The molecule has 0 aliphatic heterocycles. The van der Waals surface area contributed by atoms with Crippen molar-refractivity contribution in [2.45, 2.75) is 4.90 Å². The fraction of sp³-hybridized carbons (Fsp3) is 0.167. The number of halogens is 1. The van der Waals surface area contributed by atoms with Gasteiger partial charge >= 0.3 is 0 Å². The molecule has 2 aromatic rings. The van der Waals surface area contributed by atoms with Gasteiger partial charge in [0.2, 0.25) is 5.95 Å². The third kappa shape index (κ3) is 3.53. The van der Waals surface area contributed by atoms with E-state index in [0.29, 0.717) is 5.75 Å². The third-order valence-corrected chi connectivity index (χ3v) is 4.09. The Morgan fingerprint density at radius 3 is 2.57 bits per heavy atom. The lowest BCUT2D eigenvalue weighted by Gasteiger charge is -2.11. The first-order valence-electron chi connectivity index (χ1n) is 5.69. The first-order valence-corrected chi connectivity index (χ1v) is 7.56. The lowest BCUT2D eigenvalue weighted by Crippen LogP contribution is -2.16. The van der Waals surface area contributed by atoms with Crippen molar-refractivity contribution in [2.75, 3.05) is 18.9 Å². The van der Waals surface area contributed by atoms with Gasteiger partial charge in [0.25, 0.3) is 10.0 Å². The third-order valence-electron chi connectivity index (χ3n) is 2.51. The molecule has 0 bridgehead atoms. The Bertz CT molecular complexity index is 752. The van der Waals surface area contributed by atoms with Crippen molar-refractivity contribution in [3.63, 3.8) is 0 Å². The van der Waals surface area contributed by atoms with Gasteiger partial charge in [-0.3, -0.25) is 0 Å². The van der Waals surface area contributed by atoms with E-state index in [9.17, 15) is 8.42 Å². The summed E-state index contributed by atoms with van der Waals surface area (Å²) in [5.74, 6) is 0.494. The second-order valence-corrected chi connectivity index (χ2v) is 5.86. The molecule has 0 unspecified atom stereocenters. The number of aromatic nitrogens is 2. The summed E-state index contributed by atoms with van der Waals surface area (Å²) < 4.78 is 37.0. The molecule has 0 aliphatic carbocycles. The van der Waals surface area contributed by atoms with Crippen LogP contribution in [0.25, 0.3) is 0 Å². The van der Waals surface area contributed by atoms with Crippen molar-refractivity contribution in [1.82, 2.24) is 9.97 Å². The molecule has 2 rings (SSSR count). The average molecular weight is 330 g/mol. The molecule has 0 atom stereocenters. The number of methoxy groups -OCH3 is 2. The monoisotopic (exact) mass is 329 g/mol. The van der Waals surface area contributed by atoms with Crippen LogP contribution in [0, 0.1) is 0 Å². The molecule has 0 radical (unpaired) electrons. The van der Waals surface area contributed by atoms with Crippen LogP contribution in [0.15, 0.2) is 35.4 Å². The van der Waals surface area contributed by atoms with Gasteiger partial charge in [0.15, 0.2) is 0 Å². The topological polar surface area (TPSA) is 90.4 Å². The highest BCUT2D eigenvalue weighted by Crippen LogP contribution is 2.29. The quantitative estimate of drug-likeness (QED) is 0.843. The van der Waals surface area contributed by atoms with E-state index in [0.717, 1.165) is 0 Å². The SMILES string of the molecule is COc1ccc(S(=O)(=O)Nc2nccc(Cl)n2)c(OC)c1. The minimum absolute atomic E-state index is 0.0608. The maximum atomic E-state index is 12.3. The van der Waals surface area contributed by atoms with E-state index in [4.69, 9.17) is 21.1 Å². The summed E-state index contributed by atoms with van der Waals surface area (Å²) in [4.78, 5) is 7.50. The zero-order valence-electron chi connectivity index (χ0n) is 11.2. The van der Waals surface area contributed by atoms with Crippen molar-refractivity contribution >= 4 is 27.6 Å². The van der Waals surface area contributed by atoms with E-state index < -0.39 is 10.0 Å². The number of hydrogen-bond donors (Lipinski definition) is 1. The van der Waals surface area contributed by atoms with Crippen LogP contribution < -0.4 is 14.2 Å². The van der Waals surface area contributed by atoms with Gasteiger partial charge < -0.3 is 9.47 Å². The molecule has 0 aliphatic rings. The molecule has 0 saturated carbocycles. The first kappa shape index (κ1) is 15.3. The fourth-order valence-corrected chi connectivity index (χ4v) is 2.80. The van der Waals surface area contributed by atoms with Crippen molar-refractivity contribution in [3.8, 4) is 11.5 Å². The van der Waals surface area contributed by atoms with Crippen molar-refractivity contribution in [3.05, 3.63) is 35.6 Å². The molecule has 112 valence electrons. The van der Waals surface area contributed by atoms with Gasteiger partial charge in [-0.25, -0.2) is 23.1 Å². The van der Waals surface area contributed by atoms with E-state index >= 15 is 0 Å². The van der Waals surface area contributed by atoms with Gasteiger partial charge in [-0.1, -0.05) is 11.6 Å². The number of ether oxygens (including phenoxy) is 2. The van der Waals surface area contributed by atoms with Gasteiger partial charge in [-0.15, -0.1) is 0 Å². The molecule has 0 spiro atoms. The summed E-state index contributed by atoms with van der Waals surface area (Å²) in [6.07, 6.45) is 1.35. The van der Waals surface area contributed by atoms with Gasteiger partial charge in [-0.2, -0.15) is 0 Å². The highest BCUT2D eigenvalue weighted by atomic mass is 35.5. The van der Waals surface area contributed by atoms with Crippen LogP contribution in [-0.4, -0.2) is 32.6 Å². The molecule has 1 heterocycles. The molecule has 21 heavy (non-hydrogen) atoms. The Kier molecular flexibility index (Phi) is 4.49. The number of benzene rings is 1. The molecule has 7 nitrogen and oxygen atoms in total. The summed E-state index contributed by atoms with van der Waals surface area (Å²) in [5.41, 5.74) is 0. The molecule has 9 heteroatoms. The Morgan fingerprint density at radius 1 is 1.19 bits per heavy atom. The Balaban J connectivity index is 2.40. The highest BCUT2D eigenvalue weighted by Gasteiger charge is 2.21. The molecule has 1 N–H and O–H groups in total. The van der Waals surface area contributed by atoms with Gasteiger partial charge in [0.05, 0.1) is 14.2 Å². The van der Waals surface area contributed by atoms with E-state index in [1.807, 2.05) is 0 Å². The summed E-state index contributed by atoms with van der Waals surface area (Å²) >= 11 is 5.69. The number of nitrogens with one attached hydrogen (secondary N) is 1. The van der Waals surface area contributed by atoms with Crippen LogP contribution in [0.5, 0.6) is 11.5 Å². The number of nitrogens with zero attached hydrogens (tertiary/aromatic N) is 2. The molecule has 0 saturated heterocycles. The second kappa shape index (κ2) is 6.15. The van der Waals surface area contributed by atoms with Crippen LogP contribution in [0.2, 0.25) is 5.15 Å². The molecule has 0 fully saturated rings. The van der Waals surface area contributed by atoms with Crippen molar-refractivity contribution < 1.29 is 17.9 Å². The van der Waals surface area contributed by atoms with Crippen LogP contribution in [0.1, 0.15) is 0 Å². The molecule has 0 amide bonds. The highest BCUT2D eigenvalue weighted by molar-refractivity contribution is 7.92. The number of hydrogen-bond acceptors (Lipinski definition) is 6. The fourth-order valence-electron chi connectivity index (χ4n) is 1.56. The van der Waals surface area contributed by atoms with Crippen molar-refractivity contribution in [2.24, 2.45) is 0 Å². The molecular weight excluding hydrogens is 318 g/mol. The van der Waals surface area contributed by atoms with E-state index in [-0.39, 0.29) is 21.7 Å². The first-order chi connectivity index (χ1) is 9.96. The van der Waals surface area contributed by atoms with E-state index in [2.05, 4.69) is 14.7 Å². The zero-order chi connectivity index (χ0) is 15.5. The predicted octanol–water partition coefficient (Wildman–Crippen LogP) is 1.95. The minimum Gasteiger partial charge on any atom is -0.497 e. The second-order valence-electron chi connectivity index (χ2n) is 3.83. The van der Waals surface area contributed by atoms with Crippen LogP contribution in [-0.2, 0) is 10.0 Å². The molecule has 1 aromatic heterocycles. The van der Waals surface area contributed by atoms with Gasteiger partial charge in [0.1, 0.15) is 21.5 Å². The van der Waals surface area contributed by atoms with Crippen LogP contribution >= 0.6 is 11.6 Å². The Labute approximate surface area is 126 Å². The maximum Gasteiger partial charge on any atom is 0.267 e. The number of sulfonamides is 1. The Hall–Kier alpha value is -2.06. The van der Waals surface area contributed by atoms with Crippen LogP contribution in [0.4, 0.5) is 5.95 Å². The van der Waals surface area contributed by atoms with Crippen molar-refractivity contribution in [1.29, 1.82) is 0 Å². The molecular formula is C12H12ClN3O4S. The van der Waals surface area contributed by atoms with Gasteiger partial charge in [0, 0.05) is 12.3 Å². The summed E-state index contributed by atoms with van der Waals surface area (Å²) in [6.45, 7) is 0. The summed E-state index contributed by atoms with van der Waals surface area (Å²) in [5, 5.41) is 0.129. The number of rotatable bonds is 5. The van der Waals surface area contributed by atoms with Gasteiger partial charge in [-0.05, 0) is 18.2 Å². The minimum atomic E-state index is -3.91. The molecule has 1 aromatic carbocycles. The van der Waals surface area contributed by atoms with Crippen LogP contribution in [0.3, 0.4) is 0 Å². The van der Waals surface area contributed by atoms with E-state index in [1.54, 1.807) is 0 Å². The lowest BCUT2D eigenvalue weighted by atomic mass is 10.3. The summed E-state index contributed by atoms with van der Waals surface area (Å²) in [7, 11) is -1.07. The smallest absolute Gasteiger partial charge is 0.267 e. The standard InChI is InChI=1S/C12H12ClN3O4S/c1-19-8-3-4-10(9(7-8)20-2)21(17,18)16-12-14-6-5-11(13)15-12/h3-7H,1-2H3,(H,14,15,16). The Morgan fingerprint density at radius 2 is 1.95 bits per heavy atom. The normalized spacial score (nSPS) is 11.0. The predicted molar refractivity (Wildman–Crippen MR) is 77.4 cm³/mol. The zero-order valence-corrected chi connectivity index (χ0v) is 12.8. The average Bonchev–Trinajstić information content (AvgIpc) is 2.46. The maximum absolute atomic E-state index is 12.3. The number of anilines is 1.